The number of nitrogens with zero attached hydrogens (tertiary/aromatic N) is 1. The molecule has 1 saturated heterocycles. The zero-order chi connectivity index (χ0) is 13.6. The van der Waals surface area contributed by atoms with Crippen molar-refractivity contribution in [2.24, 2.45) is 5.73 Å². The number of benzene rings is 1. The van der Waals surface area contributed by atoms with E-state index in [2.05, 4.69) is 0 Å². The maximum absolute atomic E-state index is 13.0. The Morgan fingerprint density at radius 2 is 1.89 bits per heavy atom. The predicted octanol–water partition coefficient (Wildman–Crippen LogP) is 3.02. The lowest BCUT2D eigenvalue weighted by Gasteiger charge is -2.37. The van der Waals surface area contributed by atoms with Gasteiger partial charge in [0.25, 0.3) is 0 Å². The summed E-state index contributed by atoms with van der Waals surface area (Å²) in [4.78, 5) is 1.76. The summed E-state index contributed by atoms with van der Waals surface area (Å²) in [5, 5.41) is 0. The third-order valence-corrected chi connectivity index (χ3v) is 3.77. The first-order chi connectivity index (χ1) is 8.24. The zero-order valence-electron chi connectivity index (χ0n) is 10.5. The third-order valence-electron chi connectivity index (χ3n) is 3.77. The number of hydrogen-bond donors (Lipinski definition) is 1. The molecule has 5 heteroatoms. The minimum Gasteiger partial charge on any atom is -0.364 e. The number of rotatable bonds is 1. The van der Waals surface area contributed by atoms with Crippen LogP contribution in [-0.2, 0) is 6.18 Å². The minimum absolute atomic E-state index is 0.112. The van der Waals surface area contributed by atoms with Crippen molar-refractivity contribution in [3.8, 4) is 0 Å². The van der Waals surface area contributed by atoms with Gasteiger partial charge in [0.2, 0.25) is 0 Å². The van der Waals surface area contributed by atoms with Crippen molar-refractivity contribution in [2.75, 3.05) is 11.4 Å². The summed E-state index contributed by atoms with van der Waals surface area (Å²) in [7, 11) is 0. The summed E-state index contributed by atoms with van der Waals surface area (Å²) in [6.45, 7) is 4.33. The normalized spacial score (nSPS) is 23.4. The van der Waals surface area contributed by atoms with Gasteiger partial charge in [-0.05, 0) is 32.4 Å². The Kier molecular flexibility index (Phi) is 3.05. The highest BCUT2D eigenvalue weighted by molar-refractivity contribution is 5.58. The van der Waals surface area contributed by atoms with Crippen molar-refractivity contribution in [3.05, 3.63) is 29.8 Å². The molecular formula is C13H17F3N2. The van der Waals surface area contributed by atoms with E-state index in [1.807, 2.05) is 13.8 Å². The van der Waals surface area contributed by atoms with Gasteiger partial charge in [-0.1, -0.05) is 12.1 Å². The van der Waals surface area contributed by atoms with Crippen molar-refractivity contribution < 1.29 is 13.2 Å². The van der Waals surface area contributed by atoms with Gasteiger partial charge in [-0.3, -0.25) is 0 Å². The number of nitrogens with two attached hydrogens (primary N) is 1. The number of hydrogen-bond acceptors (Lipinski definition) is 2. The largest absolute Gasteiger partial charge is 0.418 e. The van der Waals surface area contributed by atoms with Gasteiger partial charge < -0.3 is 10.6 Å². The van der Waals surface area contributed by atoms with Gasteiger partial charge in [-0.2, -0.15) is 13.2 Å². The van der Waals surface area contributed by atoms with Crippen LogP contribution in [0.5, 0.6) is 0 Å². The van der Waals surface area contributed by atoms with Crippen LogP contribution >= 0.6 is 0 Å². The van der Waals surface area contributed by atoms with Crippen LogP contribution in [0.3, 0.4) is 0 Å². The maximum atomic E-state index is 13.0. The molecule has 1 fully saturated rings. The molecule has 2 N–H and O–H groups in total. The van der Waals surface area contributed by atoms with Gasteiger partial charge in [-0.25, -0.2) is 0 Å². The molecular weight excluding hydrogens is 241 g/mol. The van der Waals surface area contributed by atoms with Crippen LogP contribution in [0.25, 0.3) is 0 Å². The molecule has 0 spiro atoms. The Labute approximate surface area is 105 Å². The van der Waals surface area contributed by atoms with Crippen molar-refractivity contribution in [3.63, 3.8) is 0 Å². The SMILES string of the molecule is CC1(C)C(N)CCN1c1ccccc1C(F)(F)F. The Hall–Kier alpha value is -1.23. The number of halogens is 3. The fraction of sp³-hybridized carbons (Fsp3) is 0.538. The molecule has 0 saturated carbocycles. The van der Waals surface area contributed by atoms with E-state index in [1.165, 1.54) is 12.1 Å². The molecule has 1 aliphatic heterocycles. The van der Waals surface area contributed by atoms with Crippen LogP contribution < -0.4 is 10.6 Å². The Morgan fingerprint density at radius 3 is 2.39 bits per heavy atom. The van der Waals surface area contributed by atoms with Crippen LogP contribution in [-0.4, -0.2) is 18.1 Å². The smallest absolute Gasteiger partial charge is 0.364 e. The molecule has 0 amide bonds. The molecule has 1 aliphatic rings. The van der Waals surface area contributed by atoms with Crippen molar-refractivity contribution >= 4 is 5.69 Å². The van der Waals surface area contributed by atoms with E-state index in [-0.39, 0.29) is 11.7 Å². The summed E-state index contributed by atoms with van der Waals surface area (Å²) in [6.07, 6.45) is -3.63. The summed E-state index contributed by atoms with van der Waals surface area (Å²) in [6, 6.07) is 5.57. The molecule has 1 aromatic rings. The summed E-state index contributed by atoms with van der Waals surface area (Å²) >= 11 is 0. The van der Waals surface area contributed by atoms with Crippen LogP contribution in [0.15, 0.2) is 24.3 Å². The molecule has 0 aliphatic carbocycles. The van der Waals surface area contributed by atoms with Crippen LogP contribution in [0.2, 0.25) is 0 Å². The minimum atomic E-state index is -4.33. The maximum Gasteiger partial charge on any atom is 0.418 e. The van der Waals surface area contributed by atoms with E-state index in [0.717, 1.165) is 6.07 Å². The van der Waals surface area contributed by atoms with Gasteiger partial charge in [-0.15, -0.1) is 0 Å². The van der Waals surface area contributed by atoms with Crippen molar-refractivity contribution in [1.82, 2.24) is 0 Å². The lowest BCUT2D eigenvalue weighted by molar-refractivity contribution is -0.137. The predicted molar refractivity (Wildman–Crippen MR) is 65.5 cm³/mol. The highest BCUT2D eigenvalue weighted by Gasteiger charge is 2.43. The molecule has 1 unspecified atom stereocenters. The summed E-state index contributed by atoms with van der Waals surface area (Å²) < 4.78 is 39.0. The molecule has 1 atom stereocenters. The Balaban J connectivity index is 2.47. The van der Waals surface area contributed by atoms with E-state index >= 15 is 0 Å². The van der Waals surface area contributed by atoms with E-state index in [0.29, 0.717) is 13.0 Å². The number of para-hydroxylation sites is 1. The first-order valence-electron chi connectivity index (χ1n) is 5.94. The van der Waals surface area contributed by atoms with Gasteiger partial charge in [0, 0.05) is 23.8 Å². The van der Waals surface area contributed by atoms with Gasteiger partial charge in [0.1, 0.15) is 0 Å². The second-order valence-corrected chi connectivity index (χ2v) is 5.22. The molecule has 2 rings (SSSR count). The molecule has 2 nitrogen and oxygen atoms in total. The lowest BCUT2D eigenvalue weighted by Crippen LogP contribution is -2.49. The lowest BCUT2D eigenvalue weighted by atomic mass is 9.95. The highest BCUT2D eigenvalue weighted by Crippen LogP contribution is 2.41. The van der Waals surface area contributed by atoms with Crippen LogP contribution in [0.4, 0.5) is 18.9 Å². The quantitative estimate of drug-likeness (QED) is 0.839. The zero-order valence-corrected chi connectivity index (χ0v) is 10.5. The molecule has 0 bridgehead atoms. The molecule has 100 valence electrons. The molecule has 0 aromatic heterocycles. The van der Waals surface area contributed by atoms with Crippen molar-refractivity contribution in [2.45, 2.75) is 38.0 Å². The van der Waals surface area contributed by atoms with Gasteiger partial charge in [0.15, 0.2) is 0 Å². The van der Waals surface area contributed by atoms with Crippen LogP contribution in [0, 0.1) is 0 Å². The molecule has 18 heavy (non-hydrogen) atoms. The number of alkyl halides is 3. The fourth-order valence-corrected chi connectivity index (χ4v) is 2.49. The Morgan fingerprint density at radius 1 is 1.28 bits per heavy atom. The van der Waals surface area contributed by atoms with Crippen LogP contribution in [0.1, 0.15) is 25.8 Å². The summed E-state index contributed by atoms with van der Waals surface area (Å²) in [5.41, 5.74) is 5.15. The van der Waals surface area contributed by atoms with Crippen molar-refractivity contribution in [1.29, 1.82) is 0 Å². The highest BCUT2D eigenvalue weighted by atomic mass is 19.4. The molecule has 1 aromatic carbocycles. The third kappa shape index (κ3) is 2.07. The Bertz CT molecular complexity index is 440. The second kappa shape index (κ2) is 4.16. The van der Waals surface area contributed by atoms with Gasteiger partial charge in [0.05, 0.1) is 5.56 Å². The van der Waals surface area contributed by atoms with E-state index in [4.69, 9.17) is 5.73 Å². The van der Waals surface area contributed by atoms with Gasteiger partial charge >= 0.3 is 6.18 Å². The standard InChI is InChI=1S/C13H17F3N2/c1-12(2)11(17)7-8-18(12)10-6-4-3-5-9(10)13(14,15)16/h3-6,11H,7-8,17H2,1-2H3. The monoisotopic (exact) mass is 258 g/mol. The average Bonchev–Trinajstić information content (AvgIpc) is 2.53. The van der Waals surface area contributed by atoms with E-state index < -0.39 is 17.3 Å². The molecule has 1 heterocycles. The average molecular weight is 258 g/mol. The topological polar surface area (TPSA) is 29.3 Å². The first-order valence-corrected chi connectivity index (χ1v) is 5.94. The van der Waals surface area contributed by atoms with E-state index in [9.17, 15) is 13.2 Å². The molecule has 0 radical (unpaired) electrons. The summed E-state index contributed by atoms with van der Waals surface area (Å²) in [5.74, 6) is 0. The fourth-order valence-electron chi connectivity index (χ4n) is 2.49. The number of anilines is 1. The second-order valence-electron chi connectivity index (χ2n) is 5.22. The van der Waals surface area contributed by atoms with E-state index in [1.54, 1.807) is 11.0 Å². The first kappa shape index (κ1) is 13.2.